The molecular weight excluding hydrogens is 196 g/mol. The molecule has 2 N–H and O–H groups in total. The quantitative estimate of drug-likeness (QED) is 0.702. The van der Waals surface area contributed by atoms with E-state index >= 15 is 0 Å². The molecule has 78 valence electrons. The molecule has 0 radical (unpaired) electrons. The maximum atomic E-state index is 11.2. The van der Waals surface area contributed by atoms with E-state index in [0.29, 0.717) is 18.9 Å². The molecule has 0 aliphatic heterocycles. The molecule has 0 atom stereocenters. The van der Waals surface area contributed by atoms with Gasteiger partial charge in [0.1, 0.15) is 0 Å². The Morgan fingerprint density at radius 3 is 3.13 bits per heavy atom. The van der Waals surface area contributed by atoms with Crippen molar-refractivity contribution >= 4 is 5.82 Å². The average molecular weight is 206 g/mol. The second-order valence-corrected chi connectivity index (χ2v) is 2.86. The summed E-state index contributed by atoms with van der Waals surface area (Å²) in [5.74, 6) is 0.317. The van der Waals surface area contributed by atoms with Crippen molar-refractivity contribution in [1.82, 2.24) is 25.0 Å². The van der Waals surface area contributed by atoms with Gasteiger partial charge in [-0.05, 0) is 0 Å². The van der Waals surface area contributed by atoms with E-state index in [9.17, 15) is 4.79 Å². The first kappa shape index (κ1) is 9.38. The van der Waals surface area contributed by atoms with Crippen LogP contribution in [0.1, 0.15) is 0 Å². The van der Waals surface area contributed by atoms with Gasteiger partial charge in [0.2, 0.25) is 0 Å². The highest BCUT2D eigenvalue weighted by Gasteiger charge is 1.98. The molecule has 0 aromatic carbocycles. The van der Waals surface area contributed by atoms with Gasteiger partial charge in [-0.3, -0.25) is 9.48 Å². The lowest BCUT2D eigenvalue weighted by atomic mass is 10.5. The number of H-pyrrole nitrogens is 1. The van der Waals surface area contributed by atoms with Crippen molar-refractivity contribution in [2.75, 3.05) is 11.9 Å². The van der Waals surface area contributed by atoms with Gasteiger partial charge >= 0.3 is 0 Å². The SMILES string of the molecule is O=c1[nH]ccnc1NCCn1ccnn1. The molecule has 0 unspecified atom stereocenters. The van der Waals surface area contributed by atoms with Crippen LogP contribution >= 0.6 is 0 Å². The fourth-order valence-electron chi connectivity index (χ4n) is 1.12. The number of aromatic nitrogens is 5. The lowest BCUT2D eigenvalue weighted by Crippen LogP contribution is -2.19. The molecule has 2 aromatic rings. The van der Waals surface area contributed by atoms with Crippen molar-refractivity contribution in [2.45, 2.75) is 6.54 Å². The highest BCUT2D eigenvalue weighted by atomic mass is 16.1. The molecule has 0 bridgehead atoms. The normalized spacial score (nSPS) is 10.1. The molecule has 2 aromatic heterocycles. The first-order chi connectivity index (χ1) is 7.36. The maximum absolute atomic E-state index is 11.2. The minimum absolute atomic E-state index is 0.226. The van der Waals surface area contributed by atoms with Gasteiger partial charge in [0.15, 0.2) is 5.82 Å². The first-order valence-electron chi connectivity index (χ1n) is 4.48. The summed E-state index contributed by atoms with van der Waals surface area (Å²) in [5, 5.41) is 10.4. The lowest BCUT2D eigenvalue weighted by molar-refractivity contribution is 0.608. The van der Waals surface area contributed by atoms with Crippen LogP contribution in [0.3, 0.4) is 0 Å². The van der Waals surface area contributed by atoms with Gasteiger partial charge in [-0.25, -0.2) is 4.98 Å². The Kier molecular flexibility index (Phi) is 2.72. The zero-order chi connectivity index (χ0) is 10.5. The summed E-state index contributed by atoms with van der Waals surface area (Å²) < 4.78 is 1.67. The van der Waals surface area contributed by atoms with Crippen LogP contribution in [0.5, 0.6) is 0 Å². The Balaban J connectivity index is 1.89. The number of rotatable bonds is 4. The van der Waals surface area contributed by atoms with Crippen LogP contribution in [0.25, 0.3) is 0 Å². The number of hydrogen-bond donors (Lipinski definition) is 2. The van der Waals surface area contributed by atoms with Gasteiger partial charge in [0, 0.05) is 25.1 Å². The third kappa shape index (κ3) is 2.39. The average Bonchev–Trinajstić information content (AvgIpc) is 2.74. The smallest absolute Gasteiger partial charge is 0.290 e. The van der Waals surface area contributed by atoms with E-state index in [1.54, 1.807) is 17.1 Å². The topological polar surface area (TPSA) is 88.5 Å². The van der Waals surface area contributed by atoms with E-state index in [-0.39, 0.29) is 5.56 Å². The molecule has 0 amide bonds. The number of nitrogens with one attached hydrogen (secondary N) is 2. The zero-order valence-corrected chi connectivity index (χ0v) is 7.92. The van der Waals surface area contributed by atoms with E-state index in [1.807, 2.05) is 0 Å². The minimum atomic E-state index is -0.226. The Bertz CT molecular complexity index is 462. The van der Waals surface area contributed by atoms with Crippen LogP contribution in [0.2, 0.25) is 0 Å². The Hall–Kier alpha value is -2.18. The van der Waals surface area contributed by atoms with Crippen LogP contribution in [-0.4, -0.2) is 31.5 Å². The van der Waals surface area contributed by atoms with Crippen molar-refractivity contribution in [3.05, 3.63) is 35.1 Å². The third-order valence-electron chi connectivity index (χ3n) is 1.81. The van der Waals surface area contributed by atoms with Crippen LogP contribution < -0.4 is 10.9 Å². The molecule has 0 aliphatic carbocycles. The largest absolute Gasteiger partial charge is 0.364 e. The second-order valence-electron chi connectivity index (χ2n) is 2.86. The summed E-state index contributed by atoms with van der Waals surface area (Å²) in [4.78, 5) is 17.6. The van der Waals surface area contributed by atoms with Gasteiger partial charge in [-0.15, -0.1) is 5.10 Å². The monoisotopic (exact) mass is 206 g/mol. The van der Waals surface area contributed by atoms with Gasteiger partial charge < -0.3 is 10.3 Å². The molecule has 7 heteroatoms. The molecule has 7 nitrogen and oxygen atoms in total. The van der Waals surface area contributed by atoms with Crippen molar-refractivity contribution in [3.8, 4) is 0 Å². The summed E-state index contributed by atoms with van der Waals surface area (Å²) in [6, 6.07) is 0. The molecular formula is C8H10N6O. The van der Waals surface area contributed by atoms with Gasteiger partial charge in [0.05, 0.1) is 12.7 Å². The Labute approximate surface area is 85.2 Å². The molecule has 0 saturated heterocycles. The number of hydrogen-bond acceptors (Lipinski definition) is 5. The standard InChI is InChI=1S/C8H10N6O/c15-8-7(9-1-2-11-8)10-3-5-14-6-4-12-13-14/h1-2,4,6H,3,5H2,(H,9,10)(H,11,15). The van der Waals surface area contributed by atoms with E-state index in [1.165, 1.54) is 12.4 Å². The van der Waals surface area contributed by atoms with Crippen molar-refractivity contribution < 1.29 is 0 Å². The summed E-state index contributed by atoms with van der Waals surface area (Å²) in [5.41, 5.74) is -0.226. The zero-order valence-electron chi connectivity index (χ0n) is 7.92. The Morgan fingerprint density at radius 2 is 2.40 bits per heavy atom. The number of nitrogens with zero attached hydrogens (tertiary/aromatic N) is 4. The van der Waals surface area contributed by atoms with Crippen molar-refractivity contribution in [2.24, 2.45) is 0 Å². The summed E-state index contributed by atoms with van der Waals surface area (Å²) >= 11 is 0. The number of anilines is 1. The molecule has 15 heavy (non-hydrogen) atoms. The minimum Gasteiger partial charge on any atom is -0.364 e. The van der Waals surface area contributed by atoms with Crippen LogP contribution in [-0.2, 0) is 6.54 Å². The summed E-state index contributed by atoms with van der Waals surface area (Å²) in [7, 11) is 0. The lowest BCUT2D eigenvalue weighted by Gasteiger charge is -2.03. The van der Waals surface area contributed by atoms with E-state index < -0.39 is 0 Å². The highest BCUT2D eigenvalue weighted by Crippen LogP contribution is 1.89. The highest BCUT2D eigenvalue weighted by molar-refractivity contribution is 5.29. The predicted octanol–water partition coefficient (Wildman–Crippen LogP) is -0.527. The van der Waals surface area contributed by atoms with E-state index in [0.717, 1.165) is 0 Å². The van der Waals surface area contributed by atoms with Crippen molar-refractivity contribution in [1.29, 1.82) is 0 Å². The second kappa shape index (κ2) is 4.36. The maximum Gasteiger partial charge on any atom is 0.290 e. The number of aromatic amines is 1. The molecule has 2 heterocycles. The van der Waals surface area contributed by atoms with E-state index in [4.69, 9.17) is 0 Å². The molecule has 2 rings (SSSR count). The van der Waals surface area contributed by atoms with Crippen molar-refractivity contribution in [3.63, 3.8) is 0 Å². The molecule has 0 saturated carbocycles. The third-order valence-corrected chi connectivity index (χ3v) is 1.81. The summed E-state index contributed by atoms with van der Waals surface area (Å²) in [6.07, 6.45) is 6.38. The van der Waals surface area contributed by atoms with Gasteiger partial charge in [0.25, 0.3) is 5.56 Å². The fraction of sp³-hybridized carbons (Fsp3) is 0.250. The van der Waals surface area contributed by atoms with Crippen LogP contribution in [0.15, 0.2) is 29.6 Å². The molecule has 0 aliphatic rings. The Morgan fingerprint density at radius 1 is 1.47 bits per heavy atom. The van der Waals surface area contributed by atoms with Crippen LogP contribution in [0.4, 0.5) is 5.82 Å². The molecule has 0 spiro atoms. The molecule has 0 fully saturated rings. The first-order valence-corrected chi connectivity index (χ1v) is 4.48. The van der Waals surface area contributed by atoms with E-state index in [2.05, 4.69) is 25.6 Å². The van der Waals surface area contributed by atoms with Gasteiger partial charge in [-0.2, -0.15) is 0 Å². The predicted molar refractivity (Wildman–Crippen MR) is 53.4 cm³/mol. The summed E-state index contributed by atoms with van der Waals surface area (Å²) in [6.45, 7) is 1.21. The van der Waals surface area contributed by atoms with Crippen LogP contribution in [0, 0.1) is 0 Å². The van der Waals surface area contributed by atoms with Gasteiger partial charge in [-0.1, -0.05) is 5.21 Å². The fourth-order valence-corrected chi connectivity index (χ4v) is 1.12.